The molecule has 2 rings (SSSR count). The van der Waals surface area contributed by atoms with E-state index in [-0.39, 0.29) is 5.56 Å². The largest absolute Gasteiger partial charge is 0.416 e. The van der Waals surface area contributed by atoms with E-state index in [2.05, 4.69) is 11.7 Å². The number of nitrogens with two attached hydrogens (primary N) is 1. The Morgan fingerprint density at radius 3 is 2.48 bits per heavy atom. The van der Waals surface area contributed by atoms with Crippen molar-refractivity contribution in [1.82, 2.24) is 0 Å². The van der Waals surface area contributed by atoms with Crippen LogP contribution in [0.1, 0.15) is 39.5 Å². The third-order valence-electron chi connectivity index (χ3n) is 4.25. The highest BCUT2D eigenvalue weighted by Crippen LogP contribution is 2.34. The Bertz CT molecular complexity index is 944. The summed E-state index contributed by atoms with van der Waals surface area (Å²) in [4.78, 5) is 15.9. The lowest BCUT2D eigenvalue weighted by atomic mass is 10.0. The van der Waals surface area contributed by atoms with Crippen LogP contribution in [-0.4, -0.2) is 18.4 Å². The van der Waals surface area contributed by atoms with Crippen LogP contribution >= 0.6 is 11.8 Å². The molecule has 8 heteroatoms. The smallest absolute Gasteiger partial charge is 0.365 e. The zero-order chi connectivity index (χ0) is 21.8. The van der Waals surface area contributed by atoms with Crippen molar-refractivity contribution >= 4 is 29.3 Å². The molecule has 0 aliphatic carbocycles. The van der Waals surface area contributed by atoms with Crippen molar-refractivity contribution in [3.05, 3.63) is 75.7 Å². The summed E-state index contributed by atoms with van der Waals surface area (Å²) in [5.41, 5.74) is 6.32. The first-order valence-corrected chi connectivity index (χ1v) is 9.60. The van der Waals surface area contributed by atoms with E-state index in [1.165, 1.54) is 23.9 Å². The summed E-state index contributed by atoms with van der Waals surface area (Å²) in [7, 11) is 0. The number of halogens is 4. The van der Waals surface area contributed by atoms with E-state index in [1.807, 2.05) is 0 Å². The topological polar surface area (TPSA) is 55.4 Å². The van der Waals surface area contributed by atoms with E-state index in [4.69, 9.17) is 5.73 Å². The number of amides is 1. The third-order valence-corrected chi connectivity index (χ3v) is 5.48. The Kier molecular flexibility index (Phi) is 7.24. The van der Waals surface area contributed by atoms with Crippen molar-refractivity contribution in [2.45, 2.75) is 26.4 Å². The molecule has 0 aromatic heterocycles. The number of hydrogen-bond acceptors (Lipinski definition) is 3. The first-order chi connectivity index (χ1) is 13.5. The molecular formula is C21H20F4N2OS. The molecule has 0 unspecified atom stereocenters. The van der Waals surface area contributed by atoms with Gasteiger partial charge < -0.3 is 5.73 Å². The first-order valence-electron chi connectivity index (χ1n) is 8.61. The lowest BCUT2D eigenvalue weighted by molar-refractivity contribution is -0.137. The maximum Gasteiger partial charge on any atom is 0.416 e. The monoisotopic (exact) mass is 424 g/mol. The number of thioether (sulfide) groups is 1. The normalized spacial score (nSPS) is 12.5. The van der Waals surface area contributed by atoms with E-state index >= 15 is 0 Å². The van der Waals surface area contributed by atoms with Gasteiger partial charge in [0.25, 0.3) is 5.91 Å². The molecule has 3 nitrogen and oxygen atoms in total. The van der Waals surface area contributed by atoms with Gasteiger partial charge >= 0.3 is 6.18 Å². The fourth-order valence-corrected chi connectivity index (χ4v) is 3.93. The van der Waals surface area contributed by atoms with Crippen molar-refractivity contribution in [2.75, 3.05) is 5.75 Å². The minimum Gasteiger partial charge on any atom is -0.365 e. The van der Waals surface area contributed by atoms with Gasteiger partial charge in [-0.15, -0.1) is 11.8 Å². The minimum absolute atomic E-state index is 0.175. The summed E-state index contributed by atoms with van der Waals surface area (Å²) >= 11 is 1.33. The highest BCUT2D eigenvalue weighted by atomic mass is 32.2. The number of hydrogen-bond donors (Lipinski definition) is 1. The molecule has 0 saturated heterocycles. The van der Waals surface area contributed by atoms with Crippen LogP contribution in [0.5, 0.6) is 0 Å². The van der Waals surface area contributed by atoms with Crippen molar-refractivity contribution < 1.29 is 22.4 Å². The molecule has 29 heavy (non-hydrogen) atoms. The summed E-state index contributed by atoms with van der Waals surface area (Å²) in [6.45, 7) is 6.77. The average Bonchev–Trinajstić information content (AvgIpc) is 2.63. The number of rotatable bonds is 7. The second-order valence-electron chi connectivity index (χ2n) is 6.38. The molecule has 154 valence electrons. The highest BCUT2D eigenvalue weighted by molar-refractivity contribution is 8.08. The molecule has 1 amide bonds. The van der Waals surface area contributed by atoms with E-state index in [9.17, 15) is 22.4 Å². The van der Waals surface area contributed by atoms with Gasteiger partial charge in [-0.25, -0.2) is 4.39 Å². The third kappa shape index (κ3) is 5.69. The lowest BCUT2D eigenvalue weighted by Gasteiger charge is -2.13. The number of nitrogens with zero attached hydrogens (tertiary/aromatic N) is 1. The lowest BCUT2D eigenvalue weighted by Crippen LogP contribution is -2.15. The average molecular weight is 424 g/mol. The van der Waals surface area contributed by atoms with E-state index in [0.29, 0.717) is 39.5 Å². The standard InChI is InChI=1S/C21H20F4N2OS/c1-12-9-15(11-17(22)18(12)20(26)28)19(13(2)27-3)29-8-7-14-5-4-6-16(10-14)21(23,24)25/h4-6,9-11H,3,7-8H2,1-2H3,(H2,26,28)/b19-13-. The fraction of sp³-hybridized carbons (Fsp3) is 0.238. The zero-order valence-corrected chi connectivity index (χ0v) is 16.8. The second-order valence-corrected chi connectivity index (χ2v) is 7.49. The number of carbonyl (C=O) groups is 1. The van der Waals surface area contributed by atoms with Gasteiger partial charge in [0.15, 0.2) is 0 Å². The van der Waals surface area contributed by atoms with Crippen LogP contribution in [0.3, 0.4) is 0 Å². The van der Waals surface area contributed by atoms with Gasteiger partial charge in [0, 0.05) is 10.7 Å². The van der Waals surface area contributed by atoms with Crippen LogP contribution in [0.2, 0.25) is 0 Å². The summed E-state index contributed by atoms with van der Waals surface area (Å²) in [6, 6.07) is 7.98. The summed E-state index contributed by atoms with van der Waals surface area (Å²) in [5, 5.41) is 0. The van der Waals surface area contributed by atoms with Crippen molar-refractivity contribution in [3.63, 3.8) is 0 Å². The first kappa shape index (κ1) is 22.7. The van der Waals surface area contributed by atoms with Gasteiger partial charge in [0.2, 0.25) is 0 Å². The number of allylic oxidation sites excluding steroid dienone is 1. The Hall–Kier alpha value is -2.61. The molecule has 0 radical (unpaired) electrons. The Morgan fingerprint density at radius 2 is 1.93 bits per heavy atom. The predicted molar refractivity (Wildman–Crippen MR) is 109 cm³/mol. The van der Waals surface area contributed by atoms with Gasteiger partial charge in [0.05, 0.1) is 16.8 Å². The quantitative estimate of drug-likeness (QED) is 0.464. The molecule has 2 aromatic rings. The van der Waals surface area contributed by atoms with Crippen molar-refractivity contribution in [2.24, 2.45) is 10.7 Å². The molecule has 2 aromatic carbocycles. The summed E-state index contributed by atoms with van der Waals surface area (Å²) in [5.74, 6) is -1.14. The molecule has 0 spiro atoms. The zero-order valence-electron chi connectivity index (χ0n) is 15.9. The number of alkyl halides is 3. The van der Waals surface area contributed by atoms with Gasteiger partial charge in [-0.05, 0) is 61.9 Å². The van der Waals surface area contributed by atoms with Gasteiger partial charge in [-0.3, -0.25) is 9.79 Å². The van der Waals surface area contributed by atoms with Crippen LogP contribution in [0.25, 0.3) is 4.91 Å². The molecule has 0 saturated carbocycles. The maximum absolute atomic E-state index is 14.3. The Labute approximate surface area is 170 Å². The fourth-order valence-electron chi connectivity index (χ4n) is 2.83. The van der Waals surface area contributed by atoms with Crippen LogP contribution in [0.15, 0.2) is 47.1 Å². The summed E-state index contributed by atoms with van der Waals surface area (Å²) in [6.07, 6.45) is -4.02. The molecule has 0 fully saturated rings. The van der Waals surface area contributed by atoms with E-state index in [1.54, 1.807) is 26.0 Å². The van der Waals surface area contributed by atoms with E-state index in [0.717, 1.165) is 12.1 Å². The number of aliphatic imine (C=N–C) groups is 1. The molecule has 0 aliphatic heterocycles. The van der Waals surface area contributed by atoms with Crippen molar-refractivity contribution in [1.29, 1.82) is 0 Å². The molecular weight excluding hydrogens is 404 g/mol. The molecule has 0 bridgehead atoms. The Balaban J connectivity index is 2.24. The number of carbonyl (C=O) groups excluding carboxylic acids is 1. The van der Waals surface area contributed by atoms with Gasteiger partial charge in [0.1, 0.15) is 5.82 Å². The van der Waals surface area contributed by atoms with Gasteiger partial charge in [-0.2, -0.15) is 13.2 Å². The van der Waals surface area contributed by atoms with Crippen LogP contribution < -0.4 is 5.73 Å². The Morgan fingerprint density at radius 1 is 1.24 bits per heavy atom. The van der Waals surface area contributed by atoms with Crippen molar-refractivity contribution in [3.8, 4) is 0 Å². The van der Waals surface area contributed by atoms with Crippen LogP contribution in [0, 0.1) is 12.7 Å². The molecule has 0 heterocycles. The SMILES string of the molecule is C=N/C(C)=C(\SCCc1cccc(C(F)(F)F)c1)c1cc(C)c(C(N)=O)c(F)c1. The van der Waals surface area contributed by atoms with Crippen LogP contribution in [-0.2, 0) is 12.6 Å². The number of aryl methyl sites for hydroxylation is 2. The maximum atomic E-state index is 14.3. The van der Waals surface area contributed by atoms with Gasteiger partial charge in [-0.1, -0.05) is 18.2 Å². The molecule has 0 atom stereocenters. The summed E-state index contributed by atoms with van der Waals surface area (Å²) < 4.78 is 52.9. The molecule has 0 aliphatic rings. The molecule has 2 N–H and O–H groups in total. The number of primary amides is 1. The van der Waals surface area contributed by atoms with E-state index < -0.39 is 23.5 Å². The predicted octanol–water partition coefficient (Wildman–Crippen LogP) is 5.62. The minimum atomic E-state index is -4.39. The van der Waals surface area contributed by atoms with Crippen LogP contribution in [0.4, 0.5) is 17.6 Å². The second kappa shape index (κ2) is 9.26. The number of benzene rings is 2. The highest BCUT2D eigenvalue weighted by Gasteiger charge is 2.30.